The van der Waals surface area contributed by atoms with Crippen LogP contribution in [0.25, 0.3) is 0 Å². The summed E-state index contributed by atoms with van der Waals surface area (Å²) in [5, 5.41) is 4.23. The van der Waals surface area contributed by atoms with E-state index < -0.39 is 0 Å². The Bertz CT molecular complexity index is 321. The second-order valence-electron chi connectivity index (χ2n) is 4.43. The van der Waals surface area contributed by atoms with Crippen molar-refractivity contribution < 1.29 is 4.74 Å². The lowest BCUT2D eigenvalue weighted by atomic mass is 10.2. The molecule has 3 heteroatoms. The van der Waals surface area contributed by atoms with Gasteiger partial charge in [0, 0.05) is 17.6 Å². The first kappa shape index (κ1) is 11.9. The third-order valence-electron chi connectivity index (χ3n) is 2.72. The van der Waals surface area contributed by atoms with E-state index in [4.69, 9.17) is 16.3 Å². The van der Waals surface area contributed by atoms with E-state index in [1.807, 2.05) is 24.3 Å². The van der Waals surface area contributed by atoms with Crippen LogP contribution in [0.15, 0.2) is 24.3 Å². The monoisotopic (exact) mass is 239 g/mol. The van der Waals surface area contributed by atoms with Crippen LogP contribution in [0.3, 0.4) is 0 Å². The summed E-state index contributed by atoms with van der Waals surface area (Å²) in [6.45, 7) is 3.70. The van der Waals surface area contributed by atoms with Gasteiger partial charge >= 0.3 is 0 Å². The van der Waals surface area contributed by atoms with E-state index in [0.717, 1.165) is 17.6 Å². The maximum atomic E-state index is 5.82. The Hall–Kier alpha value is -0.570. The Morgan fingerprint density at radius 1 is 1.38 bits per heavy atom. The summed E-state index contributed by atoms with van der Waals surface area (Å²) in [4.78, 5) is 0. The van der Waals surface area contributed by atoms with Crippen molar-refractivity contribution in [3.63, 3.8) is 0 Å². The van der Waals surface area contributed by atoms with Gasteiger partial charge in [-0.1, -0.05) is 23.7 Å². The second kappa shape index (κ2) is 5.67. The first-order valence-corrected chi connectivity index (χ1v) is 6.21. The van der Waals surface area contributed by atoms with E-state index in [-0.39, 0.29) is 6.10 Å². The Kier molecular flexibility index (Phi) is 4.22. The molecule has 1 N–H and O–H groups in total. The summed E-state index contributed by atoms with van der Waals surface area (Å²) in [6.07, 6.45) is 2.91. The summed E-state index contributed by atoms with van der Waals surface area (Å²) in [5.41, 5.74) is 1.17. The molecule has 0 spiro atoms. The summed E-state index contributed by atoms with van der Waals surface area (Å²) in [5.74, 6) is 0. The molecule has 1 fully saturated rings. The molecule has 1 aromatic carbocycles. The van der Waals surface area contributed by atoms with Gasteiger partial charge in [0.15, 0.2) is 0 Å². The standard InChI is InChI=1S/C13H18ClNO/c1-10(8-15-13-6-7-13)16-9-11-2-4-12(14)5-3-11/h2-5,10,13,15H,6-9H2,1H3. The normalized spacial score (nSPS) is 17.4. The number of hydrogen-bond donors (Lipinski definition) is 1. The van der Waals surface area contributed by atoms with Crippen LogP contribution in [0, 0.1) is 0 Å². The van der Waals surface area contributed by atoms with Gasteiger partial charge < -0.3 is 10.1 Å². The molecule has 2 rings (SSSR count). The smallest absolute Gasteiger partial charge is 0.0721 e. The first-order chi connectivity index (χ1) is 7.74. The minimum atomic E-state index is 0.260. The quantitative estimate of drug-likeness (QED) is 0.824. The van der Waals surface area contributed by atoms with Gasteiger partial charge in [0.2, 0.25) is 0 Å². The fourth-order valence-electron chi connectivity index (χ4n) is 1.50. The van der Waals surface area contributed by atoms with Crippen molar-refractivity contribution >= 4 is 11.6 Å². The molecule has 0 saturated heterocycles. The third kappa shape index (κ3) is 4.12. The maximum Gasteiger partial charge on any atom is 0.0721 e. The molecule has 0 aliphatic heterocycles. The Morgan fingerprint density at radius 3 is 2.69 bits per heavy atom. The van der Waals surface area contributed by atoms with Crippen LogP contribution in [0.4, 0.5) is 0 Å². The molecule has 1 saturated carbocycles. The Morgan fingerprint density at radius 2 is 2.06 bits per heavy atom. The zero-order valence-corrected chi connectivity index (χ0v) is 10.3. The Labute approximate surface area is 102 Å². The highest BCUT2D eigenvalue weighted by atomic mass is 35.5. The van der Waals surface area contributed by atoms with Crippen molar-refractivity contribution in [3.05, 3.63) is 34.9 Å². The highest BCUT2D eigenvalue weighted by Crippen LogP contribution is 2.18. The van der Waals surface area contributed by atoms with Crippen LogP contribution < -0.4 is 5.32 Å². The van der Waals surface area contributed by atoms with Crippen LogP contribution in [-0.2, 0) is 11.3 Å². The molecule has 1 aromatic rings. The molecule has 0 heterocycles. The van der Waals surface area contributed by atoms with E-state index in [1.54, 1.807) is 0 Å². The van der Waals surface area contributed by atoms with E-state index in [0.29, 0.717) is 6.61 Å². The molecular weight excluding hydrogens is 222 g/mol. The third-order valence-corrected chi connectivity index (χ3v) is 2.97. The largest absolute Gasteiger partial charge is 0.373 e. The lowest BCUT2D eigenvalue weighted by Gasteiger charge is -2.13. The number of hydrogen-bond acceptors (Lipinski definition) is 2. The fraction of sp³-hybridized carbons (Fsp3) is 0.538. The average molecular weight is 240 g/mol. The molecule has 2 nitrogen and oxygen atoms in total. The van der Waals surface area contributed by atoms with Gasteiger partial charge in [-0.2, -0.15) is 0 Å². The maximum absolute atomic E-state index is 5.82. The van der Waals surface area contributed by atoms with Gasteiger partial charge in [0.05, 0.1) is 12.7 Å². The van der Waals surface area contributed by atoms with Crippen molar-refractivity contribution in [2.75, 3.05) is 6.54 Å². The van der Waals surface area contributed by atoms with Crippen LogP contribution in [0.2, 0.25) is 5.02 Å². The number of ether oxygens (including phenoxy) is 1. The zero-order valence-electron chi connectivity index (χ0n) is 9.58. The molecule has 1 atom stereocenters. The van der Waals surface area contributed by atoms with Gasteiger partial charge in [-0.3, -0.25) is 0 Å². The van der Waals surface area contributed by atoms with Crippen molar-refractivity contribution in [3.8, 4) is 0 Å². The van der Waals surface area contributed by atoms with Crippen molar-refractivity contribution in [2.24, 2.45) is 0 Å². The lowest BCUT2D eigenvalue weighted by Crippen LogP contribution is -2.28. The molecule has 1 aliphatic carbocycles. The molecule has 16 heavy (non-hydrogen) atoms. The summed E-state index contributed by atoms with van der Waals surface area (Å²) in [7, 11) is 0. The summed E-state index contributed by atoms with van der Waals surface area (Å²) < 4.78 is 5.74. The summed E-state index contributed by atoms with van der Waals surface area (Å²) >= 11 is 5.82. The molecule has 1 aliphatic rings. The van der Waals surface area contributed by atoms with E-state index in [9.17, 15) is 0 Å². The van der Waals surface area contributed by atoms with E-state index in [1.165, 1.54) is 18.4 Å². The van der Waals surface area contributed by atoms with Crippen LogP contribution in [0.1, 0.15) is 25.3 Å². The van der Waals surface area contributed by atoms with Gasteiger partial charge in [-0.25, -0.2) is 0 Å². The molecule has 0 aromatic heterocycles. The number of nitrogens with one attached hydrogen (secondary N) is 1. The predicted molar refractivity (Wildman–Crippen MR) is 66.7 cm³/mol. The summed E-state index contributed by atoms with van der Waals surface area (Å²) in [6, 6.07) is 8.55. The molecular formula is C13H18ClNO. The number of rotatable bonds is 6. The highest BCUT2D eigenvalue weighted by Gasteiger charge is 2.20. The highest BCUT2D eigenvalue weighted by molar-refractivity contribution is 6.30. The van der Waals surface area contributed by atoms with Crippen molar-refractivity contribution in [2.45, 2.75) is 38.5 Å². The topological polar surface area (TPSA) is 21.3 Å². The fourth-order valence-corrected chi connectivity index (χ4v) is 1.62. The minimum Gasteiger partial charge on any atom is -0.373 e. The van der Waals surface area contributed by atoms with Crippen molar-refractivity contribution in [1.82, 2.24) is 5.32 Å². The molecule has 88 valence electrons. The van der Waals surface area contributed by atoms with E-state index in [2.05, 4.69) is 12.2 Å². The van der Waals surface area contributed by atoms with Crippen LogP contribution in [0.5, 0.6) is 0 Å². The van der Waals surface area contributed by atoms with Gasteiger partial charge in [0.25, 0.3) is 0 Å². The minimum absolute atomic E-state index is 0.260. The predicted octanol–water partition coefficient (Wildman–Crippen LogP) is 3.00. The average Bonchev–Trinajstić information content (AvgIpc) is 3.09. The molecule has 0 amide bonds. The van der Waals surface area contributed by atoms with Crippen molar-refractivity contribution in [1.29, 1.82) is 0 Å². The molecule has 0 radical (unpaired) electrons. The SMILES string of the molecule is CC(CNC1CC1)OCc1ccc(Cl)cc1. The van der Waals surface area contributed by atoms with E-state index >= 15 is 0 Å². The second-order valence-corrected chi connectivity index (χ2v) is 4.87. The lowest BCUT2D eigenvalue weighted by molar-refractivity contribution is 0.0530. The number of benzene rings is 1. The first-order valence-electron chi connectivity index (χ1n) is 5.83. The molecule has 0 bridgehead atoms. The van der Waals surface area contributed by atoms with Gasteiger partial charge in [-0.05, 0) is 37.5 Å². The van der Waals surface area contributed by atoms with Crippen LogP contribution in [-0.4, -0.2) is 18.7 Å². The molecule has 1 unspecified atom stereocenters. The van der Waals surface area contributed by atoms with Gasteiger partial charge in [0.1, 0.15) is 0 Å². The van der Waals surface area contributed by atoms with Crippen LogP contribution >= 0.6 is 11.6 Å². The van der Waals surface area contributed by atoms with Gasteiger partial charge in [-0.15, -0.1) is 0 Å². The number of halogens is 1. The zero-order chi connectivity index (χ0) is 11.4. The Balaban J connectivity index is 1.67.